The van der Waals surface area contributed by atoms with E-state index in [1.54, 1.807) is 18.2 Å². The normalized spacial score (nSPS) is 16.4. The van der Waals surface area contributed by atoms with Crippen molar-refractivity contribution in [1.82, 2.24) is 0 Å². The summed E-state index contributed by atoms with van der Waals surface area (Å²) >= 11 is 6.17. The van der Waals surface area contributed by atoms with Crippen molar-refractivity contribution < 1.29 is 28.2 Å². The van der Waals surface area contributed by atoms with Crippen LogP contribution in [0.3, 0.4) is 0 Å². The first kappa shape index (κ1) is 21.0. The van der Waals surface area contributed by atoms with Gasteiger partial charge in [0.05, 0.1) is 21.9 Å². The summed E-state index contributed by atoms with van der Waals surface area (Å²) in [6, 6.07) is 7.46. The van der Waals surface area contributed by atoms with Gasteiger partial charge >= 0.3 is 12.1 Å². The number of halogens is 4. The molecule has 138 valence electrons. The molecule has 1 aromatic rings. The Balaban J connectivity index is 0.000000381. The largest absolute Gasteiger partial charge is 0.490 e. The van der Waals surface area contributed by atoms with Gasteiger partial charge in [-0.05, 0) is 25.0 Å². The van der Waals surface area contributed by atoms with Crippen molar-refractivity contribution >= 4 is 23.3 Å². The Hall–Kier alpha value is -2.02. The van der Waals surface area contributed by atoms with E-state index in [0.29, 0.717) is 36.5 Å². The third-order valence-electron chi connectivity index (χ3n) is 3.74. The van der Waals surface area contributed by atoms with Crippen LogP contribution in [0.4, 0.5) is 18.9 Å². The molecule has 10 heteroatoms. The number of nitrogens with zero attached hydrogens (tertiary/aromatic N) is 2. The molecule has 0 unspecified atom stereocenters. The van der Waals surface area contributed by atoms with Crippen LogP contribution in [0.25, 0.3) is 0 Å². The minimum absolute atomic E-state index is 0.272. The number of hydrogen-bond acceptors (Lipinski definition) is 5. The number of carboxylic acid groups (broad SMARTS) is 1. The second kappa shape index (κ2) is 8.38. The van der Waals surface area contributed by atoms with E-state index in [-0.39, 0.29) is 6.54 Å². The molecule has 6 nitrogen and oxygen atoms in total. The lowest BCUT2D eigenvalue weighted by Gasteiger charge is -2.39. The van der Waals surface area contributed by atoms with Gasteiger partial charge in [0.1, 0.15) is 6.07 Å². The summed E-state index contributed by atoms with van der Waals surface area (Å²) in [5.41, 5.74) is 6.12. The van der Waals surface area contributed by atoms with Crippen molar-refractivity contribution in [2.45, 2.75) is 24.6 Å². The van der Waals surface area contributed by atoms with Gasteiger partial charge in [-0.1, -0.05) is 17.7 Å². The molecule has 0 atom stereocenters. The number of carbonyl (C=O) groups is 1. The minimum Gasteiger partial charge on any atom is -0.475 e. The number of hydrogen-bond donors (Lipinski definition) is 3. The highest BCUT2D eigenvalue weighted by atomic mass is 35.5. The first-order valence-electron chi connectivity index (χ1n) is 7.20. The van der Waals surface area contributed by atoms with E-state index in [9.17, 15) is 18.3 Å². The van der Waals surface area contributed by atoms with E-state index < -0.39 is 17.7 Å². The topological polar surface area (TPSA) is 111 Å². The van der Waals surface area contributed by atoms with E-state index in [2.05, 4.69) is 6.07 Å². The molecule has 0 saturated carbocycles. The Morgan fingerprint density at radius 2 is 1.92 bits per heavy atom. The lowest BCUT2D eigenvalue weighted by atomic mass is 9.91. The Bertz CT molecular complexity index is 654. The SMILES string of the molecule is N#Cc1cccc(Cl)c1N1CCC(O)(CN)CC1.O=C(O)C(F)(F)F. The number of piperidine rings is 1. The zero-order valence-corrected chi connectivity index (χ0v) is 13.8. The third kappa shape index (κ3) is 5.77. The number of rotatable bonds is 2. The number of aliphatic hydroxyl groups is 1. The Labute approximate surface area is 147 Å². The first-order chi connectivity index (χ1) is 11.5. The number of anilines is 1. The quantitative estimate of drug-likeness (QED) is 0.726. The van der Waals surface area contributed by atoms with E-state index in [4.69, 9.17) is 32.5 Å². The Morgan fingerprint density at radius 1 is 1.40 bits per heavy atom. The number of benzene rings is 1. The van der Waals surface area contributed by atoms with Gasteiger partial charge in [0.15, 0.2) is 0 Å². The maximum Gasteiger partial charge on any atom is 0.490 e. The molecule has 1 aromatic carbocycles. The predicted molar refractivity (Wildman–Crippen MR) is 85.3 cm³/mol. The van der Waals surface area contributed by atoms with E-state index in [1.165, 1.54) is 0 Å². The van der Waals surface area contributed by atoms with Crippen LogP contribution in [0.15, 0.2) is 18.2 Å². The summed E-state index contributed by atoms with van der Waals surface area (Å²) < 4.78 is 31.7. The van der Waals surface area contributed by atoms with Crippen molar-refractivity contribution in [2.24, 2.45) is 5.73 Å². The Kier molecular flexibility index (Phi) is 7.05. The highest BCUT2D eigenvalue weighted by molar-refractivity contribution is 6.33. The second-order valence-electron chi connectivity index (χ2n) is 5.47. The van der Waals surface area contributed by atoms with Crippen molar-refractivity contribution in [3.63, 3.8) is 0 Å². The average molecular weight is 380 g/mol. The van der Waals surface area contributed by atoms with Gasteiger partial charge in [-0.2, -0.15) is 18.4 Å². The van der Waals surface area contributed by atoms with Crippen molar-refractivity contribution in [3.8, 4) is 6.07 Å². The van der Waals surface area contributed by atoms with E-state index >= 15 is 0 Å². The molecule has 1 fully saturated rings. The smallest absolute Gasteiger partial charge is 0.475 e. The lowest BCUT2D eigenvalue weighted by molar-refractivity contribution is -0.192. The van der Waals surface area contributed by atoms with Gasteiger partial charge in [-0.3, -0.25) is 0 Å². The summed E-state index contributed by atoms with van der Waals surface area (Å²) in [4.78, 5) is 10.9. The predicted octanol–water partition coefficient (Wildman–Crippen LogP) is 2.13. The molecule has 25 heavy (non-hydrogen) atoms. The van der Waals surface area contributed by atoms with Crippen molar-refractivity contribution in [3.05, 3.63) is 28.8 Å². The van der Waals surface area contributed by atoms with Crippen LogP contribution in [0.2, 0.25) is 5.02 Å². The second-order valence-corrected chi connectivity index (χ2v) is 5.87. The maximum absolute atomic E-state index is 10.6. The van der Waals surface area contributed by atoms with Gasteiger partial charge in [0.25, 0.3) is 0 Å². The van der Waals surface area contributed by atoms with Crippen LogP contribution in [-0.2, 0) is 4.79 Å². The summed E-state index contributed by atoms with van der Waals surface area (Å²) in [6.07, 6.45) is -3.89. The van der Waals surface area contributed by atoms with Gasteiger partial charge in [0.2, 0.25) is 0 Å². The number of nitrogens with two attached hydrogens (primary N) is 1. The lowest BCUT2D eigenvalue weighted by Crippen LogP contribution is -2.49. The van der Waals surface area contributed by atoms with Crippen LogP contribution < -0.4 is 10.6 Å². The molecule has 1 heterocycles. The molecule has 0 aliphatic carbocycles. The summed E-state index contributed by atoms with van der Waals surface area (Å²) in [5.74, 6) is -2.76. The number of nitriles is 1. The van der Waals surface area contributed by atoms with Gasteiger partial charge in [0, 0.05) is 19.6 Å². The average Bonchev–Trinajstić information content (AvgIpc) is 2.55. The van der Waals surface area contributed by atoms with Crippen LogP contribution in [0.1, 0.15) is 18.4 Å². The molecule has 1 saturated heterocycles. The highest BCUT2D eigenvalue weighted by Gasteiger charge is 2.38. The number of para-hydroxylation sites is 1. The summed E-state index contributed by atoms with van der Waals surface area (Å²) in [7, 11) is 0. The molecule has 0 spiro atoms. The van der Waals surface area contributed by atoms with Crippen LogP contribution >= 0.6 is 11.6 Å². The molecule has 0 radical (unpaired) electrons. The van der Waals surface area contributed by atoms with E-state index in [0.717, 1.165) is 5.69 Å². The summed E-state index contributed by atoms with van der Waals surface area (Å²) in [6.45, 7) is 1.59. The zero-order valence-electron chi connectivity index (χ0n) is 13.1. The molecule has 0 bridgehead atoms. The zero-order chi connectivity index (χ0) is 19.3. The fourth-order valence-electron chi connectivity index (χ4n) is 2.28. The molecule has 1 aliphatic rings. The van der Waals surface area contributed by atoms with Crippen molar-refractivity contribution in [2.75, 3.05) is 24.5 Å². The fraction of sp³-hybridized carbons (Fsp3) is 0.467. The van der Waals surface area contributed by atoms with Crippen molar-refractivity contribution in [1.29, 1.82) is 5.26 Å². The molecule has 0 amide bonds. The van der Waals surface area contributed by atoms with E-state index in [1.807, 2.05) is 4.90 Å². The van der Waals surface area contributed by atoms with Crippen LogP contribution in [0, 0.1) is 11.3 Å². The highest BCUT2D eigenvalue weighted by Crippen LogP contribution is 2.33. The molecule has 1 aliphatic heterocycles. The van der Waals surface area contributed by atoms with Gasteiger partial charge < -0.3 is 20.8 Å². The number of carboxylic acids is 1. The molecule has 0 aromatic heterocycles. The fourth-order valence-corrected chi connectivity index (χ4v) is 2.57. The molecule has 4 N–H and O–H groups in total. The maximum atomic E-state index is 10.6. The Morgan fingerprint density at radius 3 is 2.32 bits per heavy atom. The molecule has 2 rings (SSSR count). The number of aliphatic carboxylic acids is 1. The standard InChI is InChI=1S/C13H16ClN3O.C2HF3O2/c14-11-3-1-2-10(8-15)12(11)17-6-4-13(18,9-16)5-7-17;3-2(4,5)1(6)7/h1-3,18H,4-7,9,16H2;(H,6,7). The monoisotopic (exact) mass is 379 g/mol. The molecular formula is C15H17ClF3N3O3. The summed E-state index contributed by atoms with van der Waals surface area (Å²) in [5, 5.41) is 26.9. The van der Waals surface area contributed by atoms with Crippen LogP contribution in [-0.4, -0.2) is 47.6 Å². The third-order valence-corrected chi connectivity index (χ3v) is 4.05. The van der Waals surface area contributed by atoms with Gasteiger partial charge in [-0.25, -0.2) is 4.79 Å². The van der Waals surface area contributed by atoms with Gasteiger partial charge in [-0.15, -0.1) is 0 Å². The number of alkyl halides is 3. The minimum atomic E-state index is -5.08. The molecular weight excluding hydrogens is 363 g/mol. The van der Waals surface area contributed by atoms with Crippen LogP contribution in [0.5, 0.6) is 0 Å². The first-order valence-corrected chi connectivity index (χ1v) is 7.58.